The molecule has 2 aromatic heterocycles. The Kier molecular flexibility index (Phi) is 7.07. The quantitative estimate of drug-likeness (QED) is 0.274. The predicted octanol–water partition coefficient (Wildman–Crippen LogP) is 4.83. The van der Waals surface area contributed by atoms with Crippen molar-refractivity contribution in [2.45, 2.75) is 13.5 Å². The lowest BCUT2D eigenvalue weighted by atomic mass is 10.1. The average molecular weight is 459 g/mol. The highest BCUT2D eigenvalue weighted by Crippen LogP contribution is 2.36. The zero-order chi connectivity index (χ0) is 23.9. The Hall–Kier alpha value is -4.33. The van der Waals surface area contributed by atoms with E-state index in [-0.39, 0.29) is 0 Å². The van der Waals surface area contributed by atoms with E-state index in [4.69, 9.17) is 14.2 Å². The van der Waals surface area contributed by atoms with Crippen LogP contribution >= 0.6 is 0 Å². The van der Waals surface area contributed by atoms with Crippen molar-refractivity contribution in [2.24, 2.45) is 0 Å². The van der Waals surface area contributed by atoms with Gasteiger partial charge in [0.05, 0.1) is 31.7 Å². The first-order chi connectivity index (χ1) is 16.6. The largest absolute Gasteiger partial charge is 0.497 e. The highest BCUT2D eigenvalue weighted by molar-refractivity contribution is 6.04. The van der Waals surface area contributed by atoms with E-state index in [9.17, 15) is 4.79 Å². The Morgan fingerprint density at radius 1 is 1.06 bits per heavy atom. The molecule has 0 fully saturated rings. The molecular formula is C26H26N4O4. The van der Waals surface area contributed by atoms with Gasteiger partial charge in [-0.05, 0) is 42.8 Å². The van der Waals surface area contributed by atoms with Crippen molar-refractivity contribution in [2.75, 3.05) is 26.1 Å². The number of rotatable bonds is 9. The van der Waals surface area contributed by atoms with E-state index in [0.29, 0.717) is 30.4 Å². The molecule has 0 amide bonds. The van der Waals surface area contributed by atoms with E-state index < -0.39 is 5.97 Å². The van der Waals surface area contributed by atoms with E-state index >= 15 is 0 Å². The first kappa shape index (κ1) is 22.8. The number of carbonyl (C=O) groups is 1. The lowest BCUT2D eigenvalue weighted by Crippen LogP contribution is -2.04. The zero-order valence-corrected chi connectivity index (χ0v) is 19.3. The second-order valence-corrected chi connectivity index (χ2v) is 7.38. The topological polar surface area (TPSA) is 98.4 Å². The minimum Gasteiger partial charge on any atom is -0.497 e. The normalized spacial score (nSPS) is 11.0. The molecule has 8 nitrogen and oxygen atoms in total. The number of carbonyl (C=O) groups excluding carboxylic acids is 1. The van der Waals surface area contributed by atoms with Crippen molar-refractivity contribution in [1.82, 2.24) is 15.2 Å². The van der Waals surface area contributed by atoms with Crippen LogP contribution in [0.25, 0.3) is 28.2 Å². The number of ether oxygens (including phenoxy) is 3. The molecule has 4 rings (SSSR count). The van der Waals surface area contributed by atoms with Gasteiger partial charge in [-0.3, -0.25) is 0 Å². The van der Waals surface area contributed by atoms with Crippen molar-refractivity contribution >= 4 is 28.8 Å². The molecule has 0 aliphatic heterocycles. The summed E-state index contributed by atoms with van der Waals surface area (Å²) in [5.74, 6) is 1.67. The van der Waals surface area contributed by atoms with Gasteiger partial charge >= 0.3 is 5.97 Å². The molecule has 34 heavy (non-hydrogen) atoms. The van der Waals surface area contributed by atoms with Gasteiger partial charge in [-0.15, -0.1) is 10.2 Å². The van der Waals surface area contributed by atoms with E-state index in [1.54, 1.807) is 27.2 Å². The number of hydrogen-bond acceptors (Lipinski definition) is 7. The number of nitrogens with zero attached hydrogens (tertiary/aromatic N) is 2. The summed E-state index contributed by atoms with van der Waals surface area (Å²) < 4.78 is 15.8. The number of anilines is 1. The molecule has 174 valence electrons. The van der Waals surface area contributed by atoms with Gasteiger partial charge in [0.15, 0.2) is 5.82 Å². The number of nitrogens with one attached hydrogen (secondary N) is 2. The molecule has 0 bridgehead atoms. The molecule has 0 unspecified atom stereocenters. The number of methoxy groups -OCH3 is 2. The van der Waals surface area contributed by atoms with Crippen LogP contribution in [0.3, 0.4) is 0 Å². The predicted molar refractivity (Wildman–Crippen MR) is 132 cm³/mol. The molecule has 0 radical (unpaired) electrons. The zero-order valence-electron chi connectivity index (χ0n) is 19.3. The van der Waals surface area contributed by atoms with Crippen molar-refractivity contribution < 1.29 is 19.0 Å². The fourth-order valence-electron chi connectivity index (χ4n) is 3.64. The van der Waals surface area contributed by atoms with Gasteiger partial charge in [-0.2, -0.15) is 0 Å². The number of hydrogen-bond donors (Lipinski definition) is 2. The number of H-pyrrole nitrogens is 1. The molecule has 8 heteroatoms. The summed E-state index contributed by atoms with van der Waals surface area (Å²) in [6.07, 6.45) is 4.94. The third-order valence-corrected chi connectivity index (χ3v) is 5.30. The summed E-state index contributed by atoms with van der Waals surface area (Å²) in [5.41, 5.74) is 4.08. The van der Waals surface area contributed by atoms with E-state index in [1.807, 2.05) is 54.7 Å². The number of para-hydroxylation sites is 1. The molecule has 2 aromatic carbocycles. The fourth-order valence-corrected chi connectivity index (χ4v) is 3.64. The molecule has 0 atom stereocenters. The first-order valence-corrected chi connectivity index (χ1v) is 10.9. The molecule has 0 aliphatic carbocycles. The van der Waals surface area contributed by atoms with Crippen LogP contribution in [0.2, 0.25) is 0 Å². The van der Waals surface area contributed by atoms with Crippen LogP contribution in [-0.2, 0) is 16.1 Å². The molecule has 0 aliphatic rings. The SMILES string of the molecule is CCOC(=O)/C=C/c1c[nH]c2c(-c3ccccc3OC)nnc(NCc3ccc(OC)cc3)c12. The summed E-state index contributed by atoms with van der Waals surface area (Å²) in [7, 11) is 3.26. The summed E-state index contributed by atoms with van der Waals surface area (Å²) in [6, 6.07) is 15.4. The molecular weight excluding hydrogens is 432 g/mol. The first-order valence-electron chi connectivity index (χ1n) is 10.9. The van der Waals surface area contributed by atoms with Crippen molar-refractivity contribution in [3.8, 4) is 22.8 Å². The minimum absolute atomic E-state index is 0.315. The molecule has 0 saturated heterocycles. The van der Waals surface area contributed by atoms with E-state index in [1.165, 1.54) is 6.08 Å². The molecule has 2 heterocycles. The number of esters is 1. The van der Waals surface area contributed by atoms with Gasteiger partial charge in [0.2, 0.25) is 0 Å². The number of benzene rings is 2. The smallest absolute Gasteiger partial charge is 0.330 e. The van der Waals surface area contributed by atoms with Crippen LogP contribution in [-0.4, -0.2) is 42.0 Å². The van der Waals surface area contributed by atoms with Gasteiger partial charge in [-0.25, -0.2) is 4.79 Å². The number of aromatic nitrogens is 3. The van der Waals surface area contributed by atoms with Crippen molar-refractivity contribution in [3.05, 3.63) is 71.9 Å². The number of fused-ring (bicyclic) bond motifs is 1. The monoisotopic (exact) mass is 458 g/mol. The van der Waals surface area contributed by atoms with Crippen LogP contribution in [0, 0.1) is 0 Å². The molecule has 4 aromatic rings. The van der Waals surface area contributed by atoms with Gasteiger partial charge < -0.3 is 24.5 Å². The molecule has 0 spiro atoms. The van der Waals surface area contributed by atoms with Gasteiger partial charge in [0.1, 0.15) is 17.2 Å². The maximum absolute atomic E-state index is 11.9. The van der Waals surface area contributed by atoms with E-state index in [2.05, 4.69) is 20.5 Å². The lowest BCUT2D eigenvalue weighted by Gasteiger charge is -2.12. The summed E-state index contributed by atoms with van der Waals surface area (Å²) in [6.45, 7) is 2.62. The highest BCUT2D eigenvalue weighted by Gasteiger charge is 2.18. The molecule has 0 saturated carbocycles. The van der Waals surface area contributed by atoms with Crippen LogP contribution < -0.4 is 14.8 Å². The van der Waals surface area contributed by atoms with Crippen LogP contribution in [0.5, 0.6) is 11.5 Å². The third kappa shape index (κ3) is 4.85. The molecule has 2 N–H and O–H groups in total. The Morgan fingerprint density at radius 2 is 1.85 bits per heavy atom. The van der Waals surface area contributed by atoms with Gasteiger partial charge in [0, 0.05) is 29.9 Å². The van der Waals surface area contributed by atoms with Crippen molar-refractivity contribution in [3.63, 3.8) is 0 Å². The maximum Gasteiger partial charge on any atom is 0.330 e. The lowest BCUT2D eigenvalue weighted by molar-refractivity contribution is -0.137. The van der Waals surface area contributed by atoms with Crippen molar-refractivity contribution in [1.29, 1.82) is 0 Å². The second-order valence-electron chi connectivity index (χ2n) is 7.38. The van der Waals surface area contributed by atoms with Crippen LogP contribution in [0.1, 0.15) is 18.1 Å². The Morgan fingerprint density at radius 3 is 2.59 bits per heavy atom. The Labute approximate surface area is 197 Å². The van der Waals surface area contributed by atoms with Gasteiger partial charge in [0.25, 0.3) is 0 Å². The maximum atomic E-state index is 11.9. The summed E-state index contributed by atoms with van der Waals surface area (Å²) in [5, 5.41) is 13.2. The third-order valence-electron chi connectivity index (χ3n) is 5.30. The fraction of sp³-hybridized carbons (Fsp3) is 0.192. The Bertz CT molecular complexity index is 1310. The standard InChI is InChI=1S/C26H26N4O4/c1-4-34-22(31)14-11-18-16-27-25-23(18)26(28-15-17-9-12-19(32-2)13-10-17)30-29-24(25)20-7-5-6-8-21(20)33-3/h5-14,16,27H,4,15H2,1-3H3,(H,28,30)/b14-11+. The number of aromatic amines is 1. The summed E-state index contributed by atoms with van der Waals surface area (Å²) >= 11 is 0. The summed E-state index contributed by atoms with van der Waals surface area (Å²) in [4.78, 5) is 15.2. The van der Waals surface area contributed by atoms with Gasteiger partial charge in [-0.1, -0.05) is 24.3 Å². The average Bonchev–Trinajstić information content (AvgIpc) is 3.31. The second kappa shape index (κ2) is 10.5. The highest BCUT2D eigenvalue weighted by atomic mass is 16.5. The minimum atomic E-state index is -0.406. The Balaban J connectivity index is 1.76. The van der Waals surface area contributed by atoms with Crippen LogP contribution in [0.4, 0.5) is 5.82 Å². The van der Waals surface area contributed by atoms with E-state index in [0.717, 1.165) is 33.3 Å². The van der Waals surface area contributed by atoms with Crippen LogP contribution in [0.15, 0.2) is 60.8 Å².